The Bertz CT molecular complexity index is 641. The number of halogens is 2. The Balaban J connectivity index is 2.15. The van der Waals surface area contributed by atoms with Crippen LogP contribution in [0.25, 0.3) is 0 Å². The summed E-state index contributed by atoms with van der Waals surface area (Å²) >= 11 is 0. The van der Waals surface area contributed by atoms with E-state index in [1.165, 1.54) is 6.07 Å². The SMILES string of the molecule is CCC1(CNC(=O)c2ccc(F)c(S(=O)(=O)Cl)c2)CC1. The van der Waals surface area contributed by atoms with Crippen molar-refractivity contribution in [2.45, 2.75) is 31.1 Å². The molecule has 1 saturated carbocycles. The van der Waals surface area contributed by atoms with Gasteiger partial charge in [-0.1, -0.05) is 6.92 Å². The highest BCUT2D eigenvalue weighted by Crippen LogP contribution is 2.47. The van der Waals surface area contributed by atoms with E-state index >= 15 is 0 Å². The fourth-order valence-electron chi connectivity index (χ4n) is 2.03. The van der Waals surface area contributed by atoms with Gasteiger partial charge in [0.05, 0.1) is 0 Å². The van der Waals surface area contributed by atoms with Crippen LogP contribution in [0, 0.1) is 11.2 Å². The molecule has 1 aromatic rings. The zero-order valence-electron chi connectivity index (χ0n) is 10.9. The van der Waals surface area contributed by atoms with Gasteiger partial charge in [0.15, 0.2) is 0 Å². The number of nitrogens with one attached hydrogen (secondary N) is 1. The van der Waals surface area contributed by atoms with E-state index < -0.39 is 25.7 Å². The third-order valence-corrected chi connectivity index (χ3v) is 5.12. The summed E-state index contributed by atoms with van der Waals surface area (Å²) in [5, 5.41) is 2.75. The molecular formula is C13H15ClFNO3S. The van der Waals surface area contributed by atoms with Gasteiger partial charge in [0.25, 0.3) is 15.0 Å². The molecule has 1 aromatic carbocycles. The summed E-state index contributed by atoms with van der Waals surface area (Å²) in [6.07, 6.45) is 3.14. The van der Waals surface area contributed by atoms with Crippen LogP contribution in [0.2, 0.25) is 0 Å². The van der Waals surface area contributed by atoms with E-state index in [2.05, 4.69) is 12.2 Å². The highest BCUT2D eigenvalue weighted by Gasteiger charge is 2.40. The van der Waals surface area contributed by atoms with Gasteiger partial charge in [0, 0.05) is 22.8 Å². The van der Waals surface area contributed by atoms with Crippen molar-refractivity contribution in [3.63, 3.8) is 0 Å². The van der Waals surface area contributed by atoms with Crippen molar-refractivity contribution in [2.24, 2.45) is 5.41 Å². The minimum Gasteiger partial charge on any atom is -0.351 e. The number of hydrogen-bond acceptors (Lipinski definition) is 3. The Labute approximate surface area is 121 Å². The Morgan fingerprint density at radius 1 is 1.45 bits per heavy atom. The molecule has 1 fully saturated rings. The topological polar surface area (TPSA) is 63.2 Å². The Morgan fingerprint density at radius 2 is 2.10 bits per heavy atom. The van der Waals surface area contributed by atoms with E-state index in [1.54, 1.807) is 0 Å². The number of benzene rings is 1. The maximum Gasteiger partial charge on any atom is 0.264 e. The largest absolute Gasteiger partial charge is 0.351 e. The summed E-state index contributed by atoms with van der Waals surface area (Å²) in [4.78, 5) is 11.3. The molecule has 4 nitrogen and oxygen atoms in total. The minimum atomic E-state index is -4.21. The molecule has 0 atom stereocenters. The van der Waals surface area contributed by atoms with Crippen molar-refractivity contribution < 1.29 is 17.6 Å². The van der Waals surface area contributed by atoms with E-state index in [9.17, 15) is 17.6 Å². The molecule has 0 saturated heterocycles. The van der Waals surface area contributed by atoms with Crippen LogP contribution < -0.4 is 5.32 Å². The lowest BCUT2D eigenvalue weighted by Crippen LogP contribution is -2.30. The molecule has 0 radical (unpaired) electrons. The average molecular weight is 320 g/mol. The van der Waals surface area contributed by atoms with Gasteiger partial charge in [-0.05, 0) is 42.9 Å². The first-order chi connectivity index (χ1) is 9.27. The summed E-state index contributed by atoms with van der Waals surface area (Å²) in [5.41, 5.74) is 0.259. The minimum absolute atomic E-state index is 0.0810. The van der Waals surface area contributed by atoms with Crippen LogP contribution in [0.4, 0.5) is 4.39 Å². The smallest absolute Gasteiger partial charge is 0.264 e. The Morgan fingerprint density at radius 3 is 2.60 bits per heavy atom. The highest BCUT2D eigenvalue weighted by atomic mass is 35.7. The van der Waals surface area contributed by atoms with Crippen molar-refractivity contribution in [1.29, 1.82) is 0 Å². The first kappa shape index (κ1) is 15.3. The number of amides is 1. The Kier molecular flexibility index (Phi) is 4.07. The van der Waals surface area contributed by atoms with Crippen LogP contribution in [-0.2, 0) is 9.05 Å². The van der Waals surface area contributed by atoms with E-state index in [0.29, 0.717) is 6.54 Å². The summed E-state index contributed by atoms with van der Waals surface area (Å²) in [6, 6.07) is 3.12. The second kappa shape index (κ2) is 5.33. The van der Waals surface area contributed by atoms with Crippen molar-refractivity contribution >= 4 is 25.6 Å². The maximum atomic E-state index is 13.4. The van der Waals surface area contributed by atoms with Crippen LogP contribution in [0.15, 0.2) is 23.1 Å². The number of carbonyl (C=O) groups excluding carboxylic acids is 1. The van der Waals surface area contributed by atoms with E-state index in [0.717, 1.165) is 31.4 Å². The standard InChI is InChI=1S/C13H15ClFNO3S/c1-2-13(5-6-13)8-16-12(17)9-3-4-10(15)11(7-9)20(14,18)19/h3-4,7H,2,5-6,8H2,1H3,(H,16,17). The molecule has 1 aliphatic rings. The highest BCUT2D eigenvalue weighted by molar-refractivity contribution is 8.13. The van der Waals surface area contributed by atoms with Crippen LogP contribution >= 0.6 is 10.7 Å². The monoisotopic (exact) mass is 319 g/mol. The van der Waals surface area contributed by atoms with Gasteiger partial charge in [0.2, 0.25) is 0 Å². The van der Waals surface area contributed by atoms with Crippen LogP contribution in [-0.4, -0.2) is 20.9 Å². The zero-order chi connectivity index (χ0) is 15.0. The molecule has 0 spiro atoms. The normalized spacial score (nSPS) is 16.8. The van der Waals surface area contributed by atoms with Crippen molar-refractivity contribution in [3.05, 3.63) is 29.6 Å². The molecule has 110 valence electrons. The number of rotatable bonds is 5. The molecule has 1 N–H and O–H groups in total. The second-order valence-corrected chi connectivity index (χ2v) is 7.65. The van der Waals surface area contributed by atoms with Gasteiger partial charge in [-0.3, -0.25) is 4.79 Å². The maximum absolute atomic E-state index is 13.4. The molecule has 0 unspecified atom stereocenters. The fourth-order valence-corrected chi connectivity index (χ4v) is 2.96. The molecule has 2 rings (SSSR count). The van der Waals surface area contributed by atoms with Crippen LogP contribution in [0.5, 0.6) is 0 Å². The quantitative estimate of drug-likeness (QED) is 0.849. The van der Waals surface area contributed by atoms with E-state index in [1.807, 2.05) is 0 Å². The molecule has 0 heterocycles. The first-order valence-electron chi connectivity index (χ1n) is 6.30. The second-order valence-electron chi connectivity index (χ2n) is 5.12. The van der Waals surface area contributed by atoms with Crippen molar-refractivity contribution in [1.82, 2.24) is 5.32 Å². The molecule has 1 aliphatic carbocycles. The molecular weight excluding hydrogens is 305 g/mol. The van der Waals surface area contributed by atoms with Gasteiger partial charge in [0.1, 0.15) is 10.7 Å². The fraction of sp³-hybridized carbons (Fsp3) is 0.462. The molecule has 0 bridgehead atoms. The lowest BCUT2D eigenvalue weighted by molar-refractivity contribution is 0.0944. The van der Waals surface area contributed by atoms with Crippen LogP contribution in [0.3, 0.4) is 0 Å². The average Bonchev–Trinajstić information content (AvgIpc) is 3.16. The lowest BCUT2D eigenvalue weighted by atomic mass is 10.0. The number of carbonyl (C=O) groups is 1. The summed E-state index contributed by atoms with van der Waals surface area (Å²) in [6.45, 7) is 2.61. The van der Waals surface area contributed by atoms with Crippen molar-refractivity contribution in [3.8, 4) is 0 Å². The Hall–Kier alpha value is -1.14. The lowest BCUT2D eigenvalue weighted by Gasteiger charge is -2.13. The number of hydrogen-bond donors (Lipinski definition) is 1. The summed E-state index contributed by atoms with van der Waals surface area (Å²) in [5.74, 6) is -1.39. The predicted molar refractivity (Wildman–Crippen MR) is 73.7 cm³/mol. The van der Waals surface area contributed by atoms with Gasteiger partial charge >= 0.3 is 0 Å². The van der Waals surface area contributed by atoms with Gasteiger partial charge in [-0.2, -0.15) is 0 Å². The summed E-state index contributed by atoms with van der Waals surface area (Å²) in [7, 11) is 0.915. The third kappa shape index (κ3) is 3.30. The predicted octanol–water partition coefficient (Wildman–Crippen LogP) is 2.67. The van der Waals surface area contributed by atoms with E-state index in [-0.39, 0.29) is 11.0 Å². The zero-order valence-corrected chi connectivity index (χ0v) is 12.5. The molecule has 7 heteroatoms. The van der Waals surface area contributed by atoms with Crippen molar-refractivity contribution in [2.75, 3.05) is 6.54 Å². The molecule has 1 amide bonds. The third-order valence-electron chi connectivity index (χ3n) is 3.79. The molecule has 20 heavy (non-hydrogen) atoms. The van der Waals surface area contributed by atoms with Crippen LogP contribution in [0.1, 0.15) is 36.5 Å². The van der Waals surface area contributed by atoms with Gasteiger partial charge < -0.3 is 5.32 Å². The van der Waals surface area contributed by atoms with Gasteiger partial charge in [-0.25, -0.2) is 12.8 Å². The first-order valence-corrected chi connectivity index (χ1v) is 8.61. The molecule has 0 aliphatic heterocycles. The van der Waals surface area contributed by atoms with Gasteiger partial charge in [-0.15, -0.1) is 0 Å². The van der Waals surface area contributed by atoms with E-state index in [4.69, 9.17) is 10.7 Å². The summed E-state index contributed by atoms with van der Waals surface area (Å²) < 4.78 is 35.8. The molecule has 0 aromatic heterocycles.